The number of piperidine rings is 2. The van der Waals surface area contributed by atoms with Gasteiger partial charge in [0.2, 0.25) is 0 Å². The minimum Gasteiger partial charge on any atom is -0.480 e. The second kappa shape index (κ2) is 26.2. The number of carbonyl (C=O) groups excluding carboxylic acids is 3. The SMILES string of the molecule is Cc1ccc(CN2CCCC23CCN(C(=O)OC(C(F)(F)F)C(F)(F)F)CC3)c(N2CCN(CC(=O)O)CC2)c1.Cc1ccc(CN2CCCC23CCN(C(=O)OC(C(F)(F)F)C(F)(F)F)CC3)c(N2CCN(CC(=O)OC(C)(C)C)CC2)c1. The lowest BCUT2D eigenvalue weighted by molar-refractivity contribution is -0.309. The lowest BCUT2D eigenvalue weighted by atomic mass is 9.84. The van der Waals surface area contributed by atoms with Crippen molar-refractivity contribution in [3.63, 3.8) is 0 Å². The van der Waals surface area contributed by atoms with E-state index in [9.17, 15) is 71.9 Å². The second-order valence-electron chi connectivity index (χ2n) is 23.9. The summed E-state index contributed by atoms with van der Waals surface area (Å²) in [5.74, 6) is -1.11. The third-order valence-electron chi connectivity index (χ3n) is 16.8. The van der Waals surface area contributed by atoms with E-state index in [4.69, 9.17) is 9.84 Å². The number of carboxylic acids is 1. The van der Waals surface area contributed by atoms with E-state index in [1.807, 2.05) is 45.6 Å². The highest BCUT2D eigenvalue weighted by Crippen LogP contribution is 2.44. The molecule has 6 heterocycles. The van der Waals surface area contributed by atoms with Crippen molar-refractivity contribution in [2.24, 2.45) is 0 Å². The van der Waals surface area contributed by atoms with Gasteiger partial charge in [-0.05, 0) is 133 Å². The van der Waals surface area contributed by atoms with Crippen LogP contribution in [0.1, 0.15) is 94.4 Å². The summed E-state index contributed by atoms with van der Waals surface area (Å²) in [4.78, 5) is 63.0. The Bertz CT molecular complexity index is 2560. The zero-order valence-corrected chi connectivity index (χ0v) is 47.9. The number of aryl methyl sites for hydroxylation is 2. The predicted molar refractivity (Wildman–Crippen MR) is 284 cm³/mol. The maximum Gasteiger partial charge on any atom is 0.434 e. The molecule has 84 heavy (non-hydrogen) atoms. The second-order valence-corrected chi connectivity index (χ2v) is 23.9. The molecule has 6 saturated heterocycles. The molecule has 0 aliphatic carbocycles. The van der Waals surface area contributed by atoms with Crippen LogP contribution in [-0.4, -0.2) is 217 Å². The number of hydrogen-bond acceptors (Lipinski definition) is 13. The molecule has 16 nitrogen and oxygen atoms in total. The molecule has 472 valence electrons. The maximum absolute atomic E-state index is 12.9. The van der Waals surface area contributed by atoms with E-state index in [1.165, 1.54) is 0 Å². The first-order valence-electron chi connectivity index (χ1n) is 28.3. The minimum atomic E-state index is -5.75. The van der Waals surface area contributed by atoms with Crippen molar-refractivity contribution < 1.29 is 91.2 Å². The topological polar surface area (TPSA) is 142 Å². The van der Waals surface area contributed by atoms with Crippen molar-refractivity contribution in [3.8, 4) is 0 Å². The Morgan fingerprint density at radius 1 is 0.500 bits per heavy atom. The fraction of sp³-hybridized carbons (Fsp3) is 0.714. The van der Waals surface area contributed by atoms with Crippen LogP contribution in [0.15, 0.2) is 36.4 Å². The van der Waals surface area contributed by atoms with E-state index >= 15 is 0 Å². The van der Waals surface area contributed by atoms with Gasteiger partial charge in [-0.3, -0.25) is 29.2 Å². The summed E-state index contributed by atoms with van der Waals surface area (Å²) in [6.07, 6.45) is -29.4. The van der Waals surface area contributed by atoms with Crippen molar-refractivity contribution in [1.29, 1.82) is 0 Å². The number of carboxylic acid groups (broad SMARTS) is 1. The summed E-state index contributed by atoms with van der Waals surface area (Å²) in [6.45, 7) is 18.1. The molecule has 0 radical (unpaired) electrons. The molecule has 0 atom stereocenters. The molecule has 2 amide bonds. The number of carbonyl (C=O) groups is 4. The third-order valence-corrected chi connectivity index (χ3v) is 16.8. The van der Waals surface area contributed by atoms with Crippen molar-refractivity contribution in [2.45, 2.75) is 153 Å². The van der Waals surface area contributed by atoms with Crippen LogP contribution in [0, 0.1) is 13.8 Å². The molecule has 2 aromatic carbocycles. The summed E-state index contributed by atoms with van der Waals surface area (Å²) in [5.41, 5.74) is 5.44. The van der Waals surface area contributed by atoms with Crippen molar-refractivity contribution >= 4 is 35.5 Å². The first-order valence-corrected chi connectivity index (χ1v) is 28.3. The molecule has 28 heteroatoms. The molecule has 2 spiro atoms. The van der Waals surface area contributed by atoms with Gasteiger partial charge in [-0.2, -0.15) is 52.7 Å². The molecule has 6 fully saturated rings. The maximum atomic E-state index is 12.9. The van der Waals surface area contributed by atoms with Crippen LogP contribution in [-0.2, 0) is 36.9 Å². The van der Waals surface area contributed by atoms with Crippen molar-refractivity contribution in [1.82, 2.24) is 29.4 Å². The Balaban J connectivity index is 0.000000242. The third kappa shape index (κ3) is 17.2. The minimum absolute atomic E-state index is 0.00242. The number of anilines is 2. The molecule has 0 saturated carbocycles. The number of esters is 1. The predicted octanol–water partition coefficient (Wildman–Crippen LogP) is 9.78. The zero-order valence-electron chi connectivity index (χ0n) is 47.9. The average molecular weight is 1220 g/mol. The van der Waals surface area contributed by atoms with E-state index in [2.05, 4.69) is 64.3 Å². The van der Waals surface area contributed by atoms with E-state index in [1.54, 1.807) is 0 Å². The van der Waals surface area contributed by atoms with Gasteiger partial charge in [0.05, 0.1) is 13.1 Å². The smallest absolute Gasteiger partial charge is 0.434 e. The fourth-order valence-corrected chi connectivity index (χ4v) is 12.5. The number of ether oxygens (including phenoxy) is 3. The number of rotatable bonds is 12. The van der Waals surface area contributed by atoms with E-state index in [-0.39, 0.29) is 56.3 Å². The molecule has 2 aromatic rings. The van der Waals surface area contributed by atoms with Gasteiger partial charge in [-0.1, -0.05) is 24.3 Å². The molecule has 6 aliphatic heterocycles. The standard InChI is InChI=1S/C30H42F6N4O4.C26H34F6N4O4/c1-21-6-7-22(23(18-21)38-16-14-37(15-17-38)20-24(41)44-27(2,3)4)19-40-11-5-8-28(40)9-12-39(13-10-28)26(42)43-25(29(31,32)33)30(34,35)36;1-18-3-4-19(20(15-18)34-13-11-33(12-14-34)17-21(37)38)16-36-8-2-5-24(36)6-9-35(10-7-24)23(39)40-22(25(27,28)29)26(30,31)32/h6-7,18,25H,5,8-17,19-20H2,1-4H3;3-4,15,22H,2,5-14,16-17H2,1H3,(H,37,38). The summed E-state index contributed by atoms with van der Waals surface area (Å²) in [6, 6.07) is 12.5. The van der Waals surface area contributed by atoms with Crippen molar-refractivity contribution in [3.05, 3.63) is 58.7 Å². The summed E-state index contributed by atoms with van der Waals surface area (Å²) in [7, 11) is 0. The molecule has 0 unspecified atom stereocenters. The number of likely N-dealkylation sites (tertiary alicyclic amines) is 4. The Morgan fingerprint density at radius 3 is 1.17 bits per heavy atom. The Labute approximate surface area is 480 Å². The lowest BCUT2D eigenvalue weighted by Gasteiger charge is -2.45. The highest BCUT2D eigenvalue weighted by molar-refractivity contribution is 5.72. The first-order chi connectivity index (χ1) is 39.0. The van der Waals surface area contributed by atoms with Crippen LogP contribution in [0.4, 0.5) is 73.6 Å². The number of piperazine rings is 2. The Morgan fingerprint density at radius 2 is 0.845 bits per heavy atom. The zero-order chi connectivity index (χ0) is 61.8. The van der Waals surface area contributed by atoms with Gasteiger partial charge in [0, 0.05) is 114 Å². The van der Waals surface area contributed by atoms with Crippen molar-refractivity contribution in [2.75, 3.05) is 115 Å². The highest BCUT2D eigenvalue weighted by Gasteiger charge is 2.62. The quantitative estimate of drug-likeness (QED) is 0.122. The number of benzene rings is 2. The highest BCUT2D eigenvalue weighted by atomic mass is 19.4. The lowest BCUT2D eigenvalue weighted by Crippen LogP contribution is -2.54. The summed E-state index contributed by atoms with van der Waals surface area (Å²) >= 11 is 0. The van der Waals surface area contributed by atoms with Gasteiger partial charge < -0.3 is 38.9 Å². The fourth-order valence-electron chi connectivity index (χ4n) is 12.5. The van der Waals surface area contributed by atoms with Gasteiger partial charge in [-0.25, -0.2) is 9.59 Å². The monoisotopic (exact) mass is 1220 g/mol. The normalized spacial score (nSPS) is 20.7. The van der Waals surface area contributed by atoms with E-state index < -0.39 is 60.7 Å². The van der Waals surface area contributed by atoms with Gasteiger partial charge >= 0.3 is 48.8 Å². The summed E-state index contributed by atoms with van der Waals surface area (Å²) in [5, 5.41) is 9.08. The Kier molecular flexibility index (Phi) is 20.6. The van der Waals surface area contributed by atoms with Crippen LogP contribution < -0.4 is 9.80 Å². The molecule has 8 rings (SSSR count). The molecular formula is C56H76F12N8O8. The molecule has 1 N–H and O–H groups in total. The van der Waals surface area contributed by atoms with Crippen LogP contribution in [0.2, 0.25) is 0 Å². The Hall–Kier alpha value is -5.48. The molecular weight excluding hydrogens is 1140 g/mol. The number of nitrogens with zero attached hydrogens (tertiary/aromatic N) is 8. The summed E-state index contributed by atoms with van der Waals surface area (Å²) < 4.78 is 168. The largest absolute Gasteiger partial charge is 0.480 e. The average Bonchev–Trinajstić information content (AvgIpc) is 4.16. The van der Waals surface area contributed by atoms with Crippen LogP contribution >= 0.6 is 0 Å². The number of halogens is 12. The first kappa shape index (κ1) is 66.1. The van der Waals surface area contributed by atoms with Crippen LogP contribution in [0.3, 0.4) is 0 Å². The molecule has 0 bridgehead atoms. The van der Waals surface area contributed by atoms with Crippen LogP contribution in [0.5, 0.6) is 0 Å². The van der Waals surface area contributed by atoms with Crippen LogP contribution in [0.25, 0.3) is 0 Å². The molecule has 6 aliphatic rings. The van der Waals surface area contributed by atoms with Gasteiger partial charge in [0.15, 0.2) is 0 Å². The van der Waals surface area contributed by atoms with Gasteiger partial charge in [0.25, 0.3) is 12.2 Å². The molecule has 0 aromatic heterocycles. The van der Waals surface area contributed by atoms with E-state index in [0.717, 1.165) is 95.3 Å². The van der Waals surface area contributed by atoms with E-state index in [0.29, 0.717) is 78.0 Å². The van der Waals surface area contributed by atoms with Gasteiger partial charge in [0.1, 0.15) is 5.60 Å². The number of hydrogen-bond donors (Lipinski definition) is 1. The number of aliphatic carboxylic acids is 1. The number of alkyl halides is 12. The van der Waals surface area contributed by atoms with Gasteiger partial charge in [-0.15, -0.1) is 0 Å². The number of amides is 2.